The Kier molecular flexibility index (Phi) is 2.70. The summed E-state index contributed by atoms with van der Waals surface area (Å²) in [6, 6.07) is 0. The first-order valence-electron chi connectivity index (χ1n) is 7.22. The summed E-state index contributed by atoms with van der Waals surface area (Å²) in [4.78, 5) is 2.49. The van der Waals surface area contributed by atoms with E-state index in [2.05, 4.69) is 37.9 Å². The Morgan fingerprint density at radius 3 is 2.94 bits per heavy atom. The zero-order chi connectivity index (χ0) is 12.0. The molecular formula is C16H25N. The molecule has 1 aliphatic heterocycles. The Balaban J connectivity index is 1.92. The zero-order valence-corrected chi connectivity index (χ0v) is 11.5. The van der Waals surface area contributed by atoms with Gasteiger partial charge in [-0.3, -0.25) is 0 Å². The van der Waals surface area contributed by atoms with Crippen LogP contribution in [0.15, 0.2) is 23.3 Å². The number of nitrogens with zero attached hydrogens (tertiary/aromatic N) is 1. The molecule has 1 saturated heterocycles. The van der Waals surface area contributed by atoms with E-state index in [1.807, 2.05) is 5.57 Å². The van der Waals surface area contributed by atoms with Crippen molar-refractivity contribution in [3.8, 4) is 0 Å². The fraction of sp³-hybridized carbons (Fsp3) is 0.750. The van der Waals surface area contributed by atoms with Gasteiger partial charge in [0.1, 0.15) is 0 Å². The van der Waals surface area contributed by atoms with E-state index in [9.17, 15) is 0 Å². The monoisotopic (exact) mass is 231 g/mol. The van der Waals surface area contributed by atoms with Gasteiger partial charge in [0, 0.05) is 12.0 Å². The Labute approximate surface area is 106 Å². The first kappa shape index (κ1) is 11.5. The molecule has 1 spiro atoms. The molecule has 3 atom stereocenters. The van der Waals surface area contributed by atoms with Crippen LogP contribution in [0.4, 0.5) is 0 Å². The smallest absolute Gasteiger partial charge is 0.0150 e. The molecule has 1 fully saturated rings. The molecule has 0 N–H and O–H groups in total. The van der Waals surface area contributed by atoms with Crippen molar-refractivity contribution in [1.29, 1.82) is 0 Å². The summed E-state index contributed by atoms with van der Waals surface area (Å²) in [5.41, 5.74) is 3.96. The number of hydrogen-bond acceptors (Lipinski definition) is 1. The summed E-state index contributed by atoms with van der Waals surface area (Å²) in [6.45, 7) is 7.38. The van der Waals surface area contributed by atoms with Crippen LogP contribution < -0.4 is 0 Å². The van der Waals surface area contributed by atoms with Gasteiger partial charge in [0.2, 0.25) is 0 Å². The minimum absolute atomic E-state index is 0.446. The van der Waals surface area contributed by atoms with Crippen molar-refractivity contribution in [2.24, 2.45) is 17.3 Å². The molecular weight excluding hydrogens is 206 g/mol. The Bertz CT molecular complexity index is 379. The van der Waals surface area contributed by atoms with Crippen molar-refractivity contribution in [1.82, 2.24) is 4.90 Å². The SMILES string of the molecule is CC1CCC2=C(C=CC23CCN(C)C[C@@H]3C)C1. The third kappa shape index (κ3) is 1.71. The van der Waals surface area contributed by atoms with E-state index < -0.39 is 0 Å². The van der Waals surface area contributed by atoms with Gasteiger partial charge in [-0.25, -0.2) is 0 Å². The second kappa shape index (κ2) is 3.98. The van der Waals surface area contributed by atoms with Crippen molar-refractivity contribution < 1.29 is 0 Å². The summed E-state index contributed by atoms with van der Waals surface area (Å²) in [5.74, 6) is 1.69. The van der Waals surface area contributed by atoms with Gasteiger partial charge in [0.05, 0.1) is 0 Å². The molecule has 1 heterocycles. The molecule has 0 aromatic rings. The predicted octanol–water partition coefficient (Wildman–Crippen LogP) is 3.63. The fourth-order valence-electron chi connectivity index (χ4n) is 4.24. The highest BCUT2D eigenvalue weighted by molar-refractivity contribution is 5.44. The van der Waals surface area contributed by atoms with E-state index in [0.29, 0.717) is 5.41 Å². The second-order valence-corrected chi connectivity index (χ2v) is 6.64. The van der Waals surface area contributed by atoms with E-state index in [4.69, 9.17) is 0 Å². The molecule has 0 saturated carbocycles. The lowest BCUT2D eigenvalue weighted by atomic mass is 9.64. The Hall–Kier alpha value is -0.560. The van der Waals surface area contributed by atoms with Gasteiger partial charge >= 0.3 is 0 Å². The predicted molar refractivity (Wildman–Crippen MR) is 72.9 cm³/mol. The average Bonchev–Trinajstić information content (AvgIpc) is 2.64. The molecule has 0 aromatic heterocycles. The minimum Gasteiger partial charge on any atom is -0.306 e. The fourth-order valence-corrected chi connectivity index (χ4v) is 4.24. The largest absolute Gasteiger partial charge is 0.306 e. The topological polar surface area (TPSA) is 3.24 Å². The normalized spacial score (nSPS) is 42.3. The number of piperidine rings is 1. The van der Waals surface area contributed by atoms with Crippen LogP contribution in [0.1, 0.15) is 39.5 Å². The van der Waals surface area contributed by atoms with Crippen LogP contribution in [-0.2, 0) is 0 Å². The molecule has 1 heteroatoms. The van der Waals surface area contributed by atoms with E-state index in [1.54, 1.807) is 5.57 Å². The summed E-state index contributed by atoms with van der Waals surface area (Å²) >= 11 is 0. The average molecular weight is 231 g/mol. The van der Waals surface area contributed by atoms with Gasteiger partial charge in [0.25, 0.3) is 0 Å². The maximum absolute atomic E-state index is 2.56. The summed E-state index contributed by atoms with van der Waals surface area (Å²) in [6.07, 6.45) is 10.5. The van der Waals surface area contributed by atoms with Gasteiger partial charge in [0.15, 0.2) is 0 Å². The number of hydrogen-bond donors (Lipinski definition) is 0. The maximum Gasteiger partial charge on any atom is 0.0150 e. The first-order valence-corrected chi connectivity index (χ1v) is 7.22. The maximum atomic E-state index is 2.56. The van der Waals surface area contributed by atoms with Crippen LogP contribution in [0.25, 0.3) is 0 Å². The van der Waals surface area contributed by atoms with Crippen LogP contribution in [0.5, 0.6) is 0 Å². The molecule has 0 amide bonds. The van der Waals surface area contributed by atoms with E-state index in [1.165, 1.54) is 38.8 Å². The highest BCUT2D eigenvalue weighted by Crippen LogP contribution is 2.53. The summed E-state index contributed by atoms with van der Waals surface area (Å²) < 4.78 is 0. The third-order valence-electron chi connectivity index (χ3n) is 5.36. The highest BCUT2D eigenvalue weighted by atomic mass is 15.1. The van der Waals surface area contributed by atoms with E-state index in [0.717, 1.165) is 11.8 Å². The van der Waals surface area contributed by atoms with Gasteiger partial charge in [-0.1, -0.05) is 31.6 Å². The van der Waals surface area contributed by atoms with E-state index >= 15 is 0 Å². The van der Waals surface area contributed by atoms with E-state index in [-0.39, 0.29) is 0 Å². The molecule has 2 aliphatic carbocycles. The number of likely N-dealkylation sites (tertiary alicyclic amines) is 1. The molecule has 3 rings (SSSR count). The molecule has 2 unspecified atom stereocenters. The quantitative estimate of drug-likeness (QED) is 0.615. The second-order valence-electron chi connectivity index (χ2n) is 6.64. The number of rotatable bonds is 0. The van der Waals surface area contributed by atoms with Gasteiger partial charge < -0.3 is 4.90 Å². The van der Waals surface area contributed by atoms with Crippen molar-refractivity contribution in [2.75, 3.05) is 20.1 Å². The van der Waals surface area contributed by atoms with Crippen LogP contribution in [-0.4, -0.2) is 25.0 Å². The lowest BCUT2D eigenvalue weighted by Crippen LogP contribution is -2.44. The lowest BCUT2D eigenvalue weighted by molar-refractivity contribution is 0.121. The van der Waals surface area contributed by atoms with Crippen LogP contribution >= 0.6 is 0 Å². The number of allylic oxidation sites excluding steroid dienone is 4. The Morgan fingerprint density at radius 1 is 1.35 bits per heavy atom. The molecule has 94 valence electrons. The third-order valence-corrected chi connectivity index (χ3v) is 5.36. The lowest BCUT2D eigenvalue weighted by Gasteiger charge is -2.45. The van der Waals surface area contributed by atoms with Crippen molar-refractivity contribution in [2.45, 2.75) is 39.5 Å². The summed E-state index contributed by atoms with van der Waals surface area (Å²) in [7, 11) is 2.26. The van der Waals surface area contributed by atoms with Crippen LogP contribution in [0.3, 0.4) is 0 Å². The van der Waals surface area contributed by atoms with Crippen LogP contribution in [0, 0.1) is 17.3 Å². The number of fused-ring (bicyclic) bond motifs is 1. The highest BCUT2D eigenvalue weighted by Gasteiger charge is 2.44. The molecule has 0 bridgehead atoms. The standard InChI is InChI=1S/C16H25N/c1-12-4-5-15-14(10-12)6-7-16(15)8-9-17(3)11-13(16)2/h6-7,12-13H,4-5,8-11H2,1-3H3/t12?,13-,16?/m0/s1. The molecule has 0 aromatic carbocycles. The van der Waals surface area contributed by atoms with Gasteiger partial charge in [-0.2, -0.15) is 0 Å². The van der Waals surface area contributed by atoms with Gasteiger partial charge in [-0.15, -0.1) is 0 Å². The van der Waals surface area contributed by atoms with Crippen molar-refractivity contribution in [3.63, 3.8) is 0 Å². The molecule has 1 nitrogen and oxygen atoms in total. The zero-order valence-electron chi connectivity index (χ0n) is 11.5. The van der Waals surface area contributed by atoms with Gasteiger partial charge in [-0.05, 0) is 56.7 Å². The van der Waals surface area contributed by atoms with Crippen molar-refractivity contribution >= 4 is 0 Å². The van der Waals surface area contributed by atoms with Crippen LogP contribution in [0.2, 0.25) is 0 Å². The minimum atomic E-state index is 0.446. The summed E-state index contributed by atoms with van der Waals surface area (Å²) in [5, 5.41) is 0. The first-order chi connectivity index (χ1) is 8.12. The molecule has 0 radical (unpaired) electrons. The van der Waals surface area contributed by atoms with Crippen molar-refractivity contribution in [3.05, 3.63) is 23.3 Å². The molecule has 3 aliphatic rings. The molecule has 17 heavy (non-hydrogen) atoms. The Morgan fingerprint density at radius 2 is 2.18 bits per heavy atom.